The van der Waals surface area contributed by atoms with Gasteiger partial charge in [-0.1, -0.05) is 48.5 Å². The number of rotatable bonds is 8. The maximum absolute atomic E-state index is 13.5. The van der Waals surface area contributed by atoms with Crippen LogP contribution < -0.4 is 11.1 Å². The summed E-state index contributed by atoms with van der Waals surface area (Å²) in [6.45, 7) is 2.19. The van der Waals surface area contributed by atoms with Crippen LogP contribution in [-0.4, -0.2) is 30.4 Å². The van der Waals surface area contributed by atoms with Crippen LogP contribution in [0.25, 0.3) is 0 Å². The molecular formula is C18H23ClFN3O. The smallest absolute Gasteiger partial charge is 0.234 e. The van der Waals surface area contributed by atoms with Crippen molar-refractivity contribution in [2.75, 3.05) is 19.6 Å². The van der Waals surface area contributed by atoms with Gasteiger partial charge in [0.1, 0.15) is 5.82 Å². The Hall–Kier alpha value is -1.95. The Morgan fingerprint density at radius 1 is 1.08 bits per heavy atom. The van der Waals surface area contributed by atoms with Gasteiger partial charge in [-0.05, 0) is 11.6 Å². The number of benzene rings is 2. The molecule has 0 unspecified atom stereocenters. The van der Waals surface area contributed by atoms with E-state index in [0.29, 0.717) is 25.2 Å². The zero-order valence-electron chi connectivity index (χ0n) is 13.5. The summed E-state index contributed by atoms with van der Waals surface area (Å²) in [7, 11) is 0. The largest absolute Gasteiger partial charge is 0.351 e. The molecule has 130 valence electrons. The Labute approximate surface area is 148 Å². The zero-order valence-corrected chi connectivity index (χ0v) is 14.3. The fourth-order valence-electron chi connectivity index (χ4n) is 2.33. The Morgan fingerprint density at radius 2 is 1.75 bits per heavy atom. The molecule has 3 N–H and O–H groups in total. The molecule has 0 aromatic heterocycles. The third-order valence-electron chi connectivity index (χ3n) is 3.50. The molecule has 0 aliphatic carbocycles. The van der Waals surface area contributed by atoms with E-state index < -0.39 is 0 Å². The molecule has 0 heterocycles. The van der Waals surface area contributed by atoms with Crippen molar-refractivity contribution in [3.63, 3.8) is 0 Å². The monoisotopic (exact) mass is 351 g/mol. The highest BCUT2D eigenvalue weighted by Crippen LogP contribution is 2.06. The van der Waals surface area contributed by atoms with E-state index in [9.17, 15) is 9.18 Å². The maximum Gasteiger partial charge on any atom is 0.234 e. The standard InChI is InChI=1S/C18H22FN3O.ClH/c19-17-9-5-4-8-16(17)12-21-18(23)14-22(11-10-20)13-15-6-2-1-3-7-15;/h1-9H,10-14,20H2,(H,21,23);1H. The molecular weight excluding hydrogens is 329 g/mol. The van der Waals surface area contributed by atoms with Gasteiger partial charge in [0.2, 0.25) is 5.91 Å². The van der Waals surface area contributed by atoms with Gasteiger partial charge < -0.3 is 11.1 Å². The van der Waals surface area contributed by atoms with Gasteiger partial charge in [-0.25, -0.2) is 4.39 Å². The number of nitrogens with one attached hydrogen (secondary N) is 1. The molecule has 0 spiro atoms. The zero-order chi connectivity index (χ0) is 16.5. The number of hydrogen-bond donors (Lipinski definition) is 2. The van der Waals surface area contributed by atoms with E-state index in [0.717, 1.165) is 5.56 Å². The molecule has 0 radical (unpaired) electrons. The number of carbonyl (C=O) groups is 1. The van der Waals surface area contributed by atoms with Crippen LogP contribution in [0.2, 0.25) is 0 Å². The Morgan fingerprint density at radius 3 is 2.42 bits per heavy atom. The van der Waals surface area contributed by atoms with E-state index in [1.807, 2.05) is 35.2 Å². The fourth-order valence-corrected chi connectivity index (χ4v) is 2.33. The summed E-state index contributed by atoms with van der Waals surface area (Å²) in [5.74, 6) is -0.450. The van der Waals surface area contributed by atoms with Gasteiger partial charge in [0, 0.05) is 31.7 Å². The number of nitrogens with zero attached hydrogens (tertiary/aromatic N) is 1. The first-order valence-electron chi connectivity index (χ1n) is 7.65. The predicted molar refractivity (Wildman–Crippen MR) is 96.3 cm³/mol. The summed E-state index contributed by atoms with van der Waals surface area (Å²) in [4.78, 5) is 14.1. The minimum Gasteiger partial charge on any atom is -0.351 e. The molecule has 0 aliphatic heterocycles. The molecule has 2 aromatic rings. The number of halogens is 2. The van der Waals surface area contributed by atoms with Crippen molar-refractivity contribution in [1.82, 2.24) is 10.2 Å². The van der Waals surface area contributed by atoms with Gasteiger partial charge in [-0.3, -0.25) is 9.69 Å². The summed E-state index contributed by atoms with van der Waals surface area (Å²) in [5, 5.41) is 2.75. The minimum absolute atomic E-state index is 0. The van der Waals surface area contributed by atoms with Gasteiger partial charge >= 0.3 is 0 Å². The summed E-state index contributed by atoms with van der Waals surface area (Å²) in [6, 6.07) is 16.3. The van der Waals surface area contributed by atoms with E-state index in [-0.39, 0.29) is 37.2 Å². The second kappa shape index (κ2) is 10.8. The molecule has 2 aromatic carbocycles. The second-order valence-electron chi connectivity index (χ2n) is 5.35. The first kappa shape index (κ1) is 20.1. The summed E-state index contributed by atoms with van der Waals surface area (Å²) in [6.07, 6.45) is 0. The quantitative estimate of drug-likeness (QED) is 0.767. The average Bonchev–Trinajstić information content (AvgIpc) is 2.55. The SMILES string of the molecule is Cl.NCCN(CC(=O)NCc1ccccc1F)Cc1ccccc1. The normalized spacial score (nSPS) is 10.3. The molecule has 0 aliphatic rings. The van der Waals surface area contributed by atoms with Crippen LogP contribution in [0.15, 0.2) is 54.6 Å². The molecule has 0 saturated heterocycles. The van der Waals surface area contributed by atoms with Gasteiger partial charge in [0.05, 0.1) is 6.54 Å². The molecule has 24 heavy (non-hydrogen) atoms. The van der Waals surface area contributed by atoms with Crippen molar-refractivity contribution in [2.45, 2.75) is 13.1 Å². The van der Waals surface area contributed by atoms with Crippen LogP contribution in [0.5, 0.6) is 0 Å². The van der Waals surface area contributed by atoms with Gasteiger partial charge in [0.15, 0.2) is 0 Å². The molecule has 4 nitrogen and oxygen atoms in total. The van der Waals surface area contributed by atoms with E-state index in [2.05, 4.69) is 5.32 Å². The summed E-state index contributed by atoms with van der Waals surface area (Å²) in [5.41, 5.74) is 7.23. The summed E-state index contributed by atoms with van der Waals surface area (Å²) >= 11 is 0. The van der Waals surface area contributed by atoms with E-state index in [1.165, 1.54) is 6.07 Å². The molecule has 2 rings (SSSR count). The van der Waals surface area contributed by atoms with Gasteiger partial charge in [-0.2, -0.15) is 0 Å². The van der Waals surface area contributed by atoms with Crippen molar-refractivity contribution in [3.05, 3.63) is 71.5 Å². The maximum atomic E-state index is 13.5. The third kappa shape index (κ3) is 6.66. The van der Waals surface area contributed by atoms with Crippen LogP contribution in [0.1, 0.15) is 11.1 Å². The van der Waals surface area contributed by atoms with Gasteiger partial charge in [0.25, 0.3) is 0 Å². The summed E-state index contributed by atoms with van der Waals surface area (Å²) < 4.78 is 13.5. The Kier molecular flexibility index (Phi) is 9.01. The third-order valence-corrected chi connectivity index (χ3v) is 3.50. The van der Waals surface area contributed by atoms with Crippen molar-refractivity contribution in [2.24, 2.45) is 5.73 Å². The van der Waals surface area contributed by atoms with Crippen LogP contribution in [0, 0.1) is 5.82 Å². The highest BCUT2D eigenvalue weighted by molar-refractivity contribution is 5.85. The molecule has 0 fully saturated rings. The van der Waals surface area contributed by atoms with Crippen molar-refractivity contribution in [3.8, 4) is 0 Å². The van der Waals surface area contributed by atoms with Crippen molar-refractivity contribution < 1.29 is 9.18 Å². The topological polar surface area (TPSA) is 58.4 Å². The number of carbonyl (C=O) groups excluding carboxylic acids is 1. The van der Waals surface area contributed by atoms with Crippen LogP contribution in [0.3, 0.4) is 0 Å². The number of hydrogen-bond acceptors (Lipinski definition) is 3. The van der Waals surface area contributed by atoms with E-state index >= 15 is 0 Å². The number of amides is 1. The van der Waals surface area contributed by atoms with Crippen LogP contribution >= 0.6 is 12.4 Å². The molecule has 0 bridgehead atoms. The van der Waals surface area contributed by atoms with E-state index in [4.69, 9.17) is 5.73 Å². The van der Waals surface area contributed by atoms with Crippen molar-refractivity contribution >= 4 is 18.3 Å². The molecule has 1 amide bonds. The predicted octanol–water partition coefficient (Wildman–Crippen LogP) is 2.32. The Balaban J connectivity index is 0.00000288. The fraction of sp³-hybridized carbons (Fsp3) is 0.278. The lowest BCUT2D eigenvalue weighted by Gasteiger charge is -2.21. The van der Waals surface area contributed by atoms with Crippen molar-refractivity contribution in [1.29, 1.82) is 0 Å². The van der Waals surface area contributed by atoms with Gasteiger partial charge in [-0.15, -0.1) is 12.4 Å². The van der Waals surface area contributed by atoms with Crippen LogP contribution in [-0.2, 0) is 17.9 Å². The van der Waals surface area contributed by atoms with Crippen LogP contribution in [0.4, 0.5) is 4.39 Å². The first-order valence-corrected chi connectivity index (χ1v) is 7.65. The molecule has 0 saturated carbocycles. The first-order chi connectivity index (χ1) is 11.2. The number of nitrogens with two attached hydrogens (primary N) is 1. The lowest BCUT2D eigenvalue weighted by molar-refractivity contribution is -0.122. The lowest BCUT2D eigenvalue weighted by atomic mass is 10.2. The minimum atomic E-state index is -0.309. The average molecular weight is 352 g/mol. The Bertz CT molecular complexity index is 625. The molecule has 6 heteroatoms. The molecule has 0 atom stereocenters. The second-order valence-corrected chi connectivity index (χ2v) is 5.35. The highest BCUT2D eigenvalue weighted by Gasteiger charge is 2.11. The van der Waals surface area contributed by atoms with E-state index in [1.54, 1.807) is 18.2 Å². The lowest BCUT2D eigenvalue weighted by Crippen LogP contribution is -2.39. The highest BCUT2D eigenvalue weighted by atomic mass is 35.5.